The van der Waals surface area contributed by atoms with E-state index in [0.717, 1.165) is 7.05 Å². The summed E-state index contributed by atoms with van der Waals surface area (Å²) < 4.78 is 36.7. The average molecular weight is 318 g/mol. The quantitative estimate of drug-likeness (QED) is 0.820. The molecule has 8 heteroatoms. The third-order valence-electron chi connectivity index (χ3n) is 2.93. The highest BCUT2D eigenvalue weighted by Crippen LogP contribution is 2.20. The number of carbonyl (C=O) groups is 2. The SMILES string of the molecule is CCC(=O)c1cccc(NC(=O)N(C)CC(O)C(F)(F)F)c1. The van der Waals surface area contributed by atoms with Crippen LogP contribution in [0.5, 0.6) is 0 Å². The van der Waals surface area contributed by atoms with Crippen LogP contribution in [-0.4, -0.2) is 47.7 Å². The zero-order valence-electron chi connectivity index (χ0n) is 12.1. The number of likely N-dealkylation sites (N-methyl/N-ethyl adjacent to an activating group) is 1. The number of hydrogen-bond donors (Lipinski definition) is 2. The minimum absolute atomic E-state index is 0.114. The molecule has 0 aliphatic carbocycles. The van der Waals surface area contributed by atoms with Crippen LogP contribution in [0.4, 0.5) is 23.7 Å². The number of urea groups is 1. The van der Waals surface area contributed by atoms with Crippen LogP contribution in [0.3, 0.4) is 0 Å². The van der Waals surface area contributed by atoms with Gasteiger partial charge in [0.15, 0.2) is 11.9 Å². The number of aliphatic hydroxyl groups excluding tert-OH is 1. The molecule has 1 aromatic carbocycles. The first-order valence-corrected chi connectivity index (χ1v) is 6.55. The summed E-state index contributed by atoms with van der Waals surface area (Å²) in [5.74, 6) is -0.114. The van der Waals surface area contributed by atoms with Crippen molar-refractivity contribution < 1.29 is 27.9 Å². The number of anilines is 1. The molecule has 0 saturated heterocycles. The Morgan fingerprint density at radius 2 is 2.00 bits per heavy atom. The molecule has 2 amide bonds. The van der Waals surface area contributed by atoms with E-state index >= 15 is 0 Å². The fourth-order valence-corrected chi connectivity index (χ4v) is 1.64. The molecule has 0 bridgehead atoms. The lowest BCUT2D eigenvalue weighted by atomic mass is 10.1. The predicted molar refractivity (Wildman–Crippen MR) is 74.8 cm³/mol. The van der Waals surface area contributed by atoms with Gasteiger partial charge < -0.3 is 15.3 Å². The second-order valence-corrected chi connectivity index (χ2v) is 4.73. The van der Waals surface area contributed by atoms with Gasteiger partial charge in [0, 0.05) is 24.7 Å². The summed E-state index contributed by atoms with van der Waals surface area (Å²) in [5, 5.41) is 11.3. The van der Waals surface area contributed by atoms with Crippen LogP contribution in [0.15, 0.2) is 24.3 Å². The molecule has 1 atom stereocenters. The molecule has 1 unspecified atom stereocenters. The van der Waals surface area contributed by atoms with Crippen molar-refractivity contribution in [3.8, 4) is 0 Å². The van der Waals surface area contributed by atoms with Crippen molar-refractivity contribution in [3.63, 3.8) is 0 Å². The molecule has 0 saturated carbocycles. The van der Waals surface area contributed by atoms with Gasteiger partial charge in [0.05, 0.1) is 6.54 Å². The molecule has 0 spiro atoms. The summed E-state index contributed by atoms with van der Waals surface area (Å²) in [6.45, 7) is 0.808. The standard InChI is InChI=1S/C14H17F3N2O3/c1-3-11(20)9-5-4-6-10(7-9)18-13(22)19(2)8-12(21)14(15,16)17/h4-7,12,21H,3,8H2,1-2H3,(H,18,22). The predicted octanol–water partition coefficient (Wildman–Crippen LogP) is 2.67. The first kappa shape index (κ1) is 18.0. The number of carbonyl (C=O) groups excluding carboxylic acids is 2. The Balaban J connectivity index is 2.70. The summed E-state index contributed by atoms with van der Waals surface area (Å²) in [6.07, 6.45) is -7.10. The summed E-state index contributed by atoms with van der Waals surface area (Å²) in [5.41, 5.74) is 0.691. The number of hydrogen-bond acceptors (Lipinski definition) is 3. The van der Waals surface area contributed by atoms with Crippen LogP contribution in [0.2, 0.25) is 0 Å². The van der Waals surface area contributed by atoms with Crippen molar-refractivity contribution in [1.29, 1.82) is 0 Å². The monoisotopic (exact) mass is 318 g/mol. The van der Waals surface area contributed by atoms with Gasteiger partial charge >= 0.3 is 12.2 Å². The maximum atomic E-state index is 12.2. The fraction of sp³-hybridized carbons (Fsp3) is 0.429. The number of benzene rings is 1. The zero-order valence-corrected chi connectivity index (χ0v) is 12.1. The number of amides is 2. The Bertz CT molecular complexity index is 546. The molecule has 0 heterocycles. The maximum absolute atomic E-state index is 12.2. The zero-order chi connectivity index (χ0) is 16.9. The summed E-state index contributed by atoms with van der Waals surface area (Å²) in [7, 11) is 1.13. The van der Waals surface area contributed by atoms with Crippen molar-refractivity contribution in [1.82, 2.24) is 4.90 Å². The van der Waals surface area contributed by atoms with Crippen LogP contribution >= 0.6 is 0 Å². The number of halogens is 3. The highest BCUT2D eigenvalue weighted by Gasteiger charge is 2.39. The number of alkyl halides is 3. The number of rotatable bonds is 5. The van der Waals surface area contributed by atoms with Gasteiger partial charge in [-0.2, -0.15) is 13.2 Å². The minimum Gasteiger partial charge on any atom is -0.382 e. The number of nitrogens with zero attached hydrogens (tertiary/aromatic N) is 1. The first-order valence-electron chi connectivity index (χ1n) is 6.55. The first-order chi connectivity index (χ1) is 10.1. The van der Waals surface area contributed by atoms with E-state index in [2.05, 4.69) is 5.32 Å². The topological polar surface area (TPSA) is 69.6 Å². The van der Waals surface area contributed by atoms with Gasteiger partial charge in [-0.05, 0) is 12.1 Å². The van der Waals surface area contributed by atoms with E-state index in [0.29, 0.717) is 16.9 Å². The van der Waals surface area contributed by atoms with Crippen molar-refractivity contribution in [3.05, 3.63) is 29.8 Å². The molecular formula is C14H17F3N2O3. The maximum Gasteiger partial charge on any atom is 0.416 e. The van der Waals surface area contributed by atoms with Crippen molar-refractivity contribution in [2.75, 3.05) is 18.9 Å². The molecule has 5 nitrogen and oxygen atoms in total. The molecule has 0 aliphatic rings. The van der Waals surface area contributed by atoms with Gasteiger partial charge in [-0.25, -0.2) is 4.79 Å². The largest absolute Gasteiger partial charge is 0.416 e. The Hall–Kier alpha value is -2.09. The molecule has 2 N–H and O–H groups in total. The normalized spacial score (nSPS) is 12.6. The second-order valence-electron chi connectivity index (χ2n) is 4.73. The summed E-state index contributed by atoms with van der Waals surface area (Å²) >= 11 is 0. The van der Waals surface area contributed by atoms with E-state index in [1.807, 2.05) is 0 Å². The average Bonchev–Trinajstić information content (AvgIpc) is 2.45. The van der Waals surface area contributed by atoms with E-state index < -0.39 is 24.9 Å². The molecule has 0 aliphatic heterocycles. The Labute approximate surface area is 125 Å². The van der Waals surface area contributed by atoms with Crippen LogP contribution in [-0.2, 0) is 0 Å². The second kappa shape index (κ2) is 7.26. The van der Waals surface area contributed by atoms with Gasteiger partial charge in [0.1, 0.15) is 0 Å². The van der Waals surface area contributed by atoms with Gasteiger partial charge in [-0.3, -0.25) is 4.79 Å². The van der Waals surface area contributed by atoms with Crippen LogP contribution in [0.1, 0.15) is 23.7 Å². The summed E-state index contributed by atoms with van der Waals surface area (Å²) in [6, 6.07) is 5.28. The number of ketones is 1. The number of aliphatic hydroxyl groups is 1. The van der Waals surface area contributed by atoms with Crippen molar-refractivity contribution in [2.45, 2.75) is 25.6 Å². The van der Waals surface area contributed by atoms with Gasteiger partial charge in [0.2, 0.25) is 0 Å². The van der Waals surface area contributed by atoms with Gasteiger partial charge in [0.25, 0.3) is 0 Å². The Kier molecular flexibility index (Phi) is 5.92. The lowest BCUT2D eigenvalue weighted by Gasteiger charge is -2.22. The van der Waals surface area contributed by atoms with Gasteiger partial charge in [-0.15, -0.1) is 0 Å². The Morgan fingerprint density at radius 3 is 2.55 bits per heavy atom. The molecule has 122 valence electrons. The molecule has 0 radical (unpaired) electrons. The number of Topliss-reactive ketones (excluding diaryl/α,β-unsaturated/α-hetero) is 1. The van der Waals surface area contributed by atoms with E-state index in [1.54, 1.807) is 19.1 Å². The molecule has 1 rings (SSSR count). The minimum atomic E-state index is -4.79. The van der Waals surface area contributed by atoms with E-state index in [-0.39, 0.29) is 11.5 Å². The molecular weight excluding hydrogens is 301 g/mol. The van der Waals surface area contributed by atoms with Gasteiger partial charge in [-0.1, -0.05) is 19.1 Å². The van der Waals surface area contributed by atoms with Crippen LogP contribution in [0, 0.1) is 0 Å². The van der Waals surface area contributed by atoms with Crippen molar-refractivity contribution in [2.24, 2.45) is 0 Å². The van der Waals surface area contributed by atoms with Crippen molar-refractivity contribution >= 4 is 17.5 Å². The third-order valence-corrected chi connectivity index (χ3v) is 2.93. The highest BCUT2D eigenvalue weighted by atomic mass is 19.4. The summed E-state index contributed by atoms with van der Waals surface area (Å²) in [4.78, 5) is 24.1. The third kappa shape index (κ3) is 5.03. The smallest absolute Gasteiger partial charge is 0.382 e. The molecule has 0 aromatic heterocycles. The lowest BCUT2D eigenvalue weighted by Crippen LogP contribution is -2.43. The molecule has 0 fully saturated rings. The van der Waals surface area contributed by atoms with E-state index in [9.17, 15) is 22.8 Å². The highest BCUT2D eigenvalue weighted by molar-refractivity contribution is 5.98. The Morgan fingerprint density at radius 1 is 1.36 bits per heavy atom. The van der Waals surface area contributed by atoms with E-state index in [4.69, 9.17) is 5.11 Å². The van der Waals surface area contributed by atoms with Crippen LogP contribution < -0.4 is 5.32 Å². The molecule has 22 heavy (non-hydrogen) atoms. The molecule has 1 aromatic rings. The van der Waals surface area contributed by atoms with Crippen LogP contribution in [0.25, 0.3) is 0 Å². The number of nitrogens with one attached hydrogen (secondary N) is 1. The fourth-order valence-electron chi connectivity index (χ4n) is 1.64. The van der Waals surface area contributed by atoms with E-state index in [1.165, 1.54) is 12.1 Å². The lowest BCUT2D eigenvalue weighted by molar-refractivity contribution is -0.205.